The molecular formula is C52H44N6O6S2. The molecular weight excluding hydrogens is 869 g/mol. The van der Waals surface area contributed by atoms with Crippen molar-refractivity contribution in [2.45, 2.75) is 49.9 Å². The predicted octanol–water partition coefficient (Wildman–Crippen LogP) is 10.5. The third kappa shape index (κ3) is 8.84. The Bertz CT molecular complexity index is 2730. The number of aromatic nitrogens is 2. The largest absolute Gasteiger partial charge is 0.472 e. The molecule has 8 aromatic rings. The number of amides is 4. The van der Waals surface area contributed by atoms with Gasteiger partial charge in [0.25, 0.3) is 11.8 Å². The average Bonchev–Trinajstić information content (AvgIpc) is 4.22. The van der Waals surface area contributed by atoms with Gasteiger partial charge in [0.05, 0.1) is 45.5 Å². The van der Waals surface area contributed by atoms with Gasteiger partial charge in [-0.05, 0) is 71.2 Å². The first-order chi connectivity index (χ1) is 32.4. The lowest BCUT2D eigenvalue weighted by molar-refractivity contribution is -0.135. The molecule has 4 aromatic heterocycles. The quantitative estimate of drug-likeness (QED) is 0.116. The second-order valence-corrected chi connectivity index (χ2v) is 18.4. The number of furan rings is 2. The molecule has 4 amide bonds. The van der Waals surface area contributed by atoms with E-state index >= 15 is 0 Å². The molecule has 2 saturated heterocycles. The van der Waals surface area contributed by atoms with E-state index in [1.54, 1.807) is 34.8 Å². The number of thiazole rings is 2. The summed E-state index contributed by atoms with van der Waals surface area (Å²) in [6.07, 6.45) is 12.6. The van der Waals surface area contributed by atoms with E-state index in [2.05, 4.69) is 59.2 Å². The van der Waals surface area contributed by atoms with Crippen molar-refractivity contribution in [1.29, 1.82) is 0 Å². The van der Waals surface area contributed by atoms with Gasteiger partial charge in [-0.2, -0.15) is 0 Å². The van der Waals surface area contributed by atoms with Crippen molar-refractivity contribution in [2.75, 3.05) is 13.1 Å². The SMILES string of the molecule is O=C(N[C@@H](C(=O)N1CCC[C@H]1c1ncc(-c2ccc(-c3ccc(-c4cnc([C@@H]5CCCN5C(=O)[C@H](NC(=O)c5ccoc5)c5ccccc5)s4)cc3)cc2)s1)c1ccccc1)c1ccoc1. The highest BCUT2D eigenvalue weighted by Gasteiger charge is 2.39. The van der Waals surface area contributed by atoms with Gasteiger partial charge in [-0.1, -0.05) is 109 Å². The van der Waals surface area contributed by atoms with Gasteiger partial charge in [-0.25, -0.2) is 9.97 Å². The van der Waals surface area contributed by atoms with Crippen molar-refractivity contribution in [2.24, 2.45) is 0 Å². The highest BCUT2D eigenvalue weighted by Crippen LogP contribution is 2.41. The zero-order valence-electron chi connectivity index (χ0n) is 35.6. The lowest BCUT2D eigenvalue weighted by Gasteiger charge is -2.28. The molecule has 2 aliphatic heterocycles. The number of likely N-dealkylation sites (tertiary alicyclic amines) is 2. The van der Waals surface area contributed by atoms with E-state index < -0.39 is 12.1 Å². The second kappa shape index (κ2) is 19.0. The van der Waals surface area contributed by atoms with Crippen LogP contribution in [-0.4, -0.2) is 56.5 Å². The van der Waals surface area contributed by atoms with Crippen molar-refractivity contribution in [3.8, 4) is 32.0 Å². The van der Waals surface area contributed by atoms with E-state index in [4.69, 9.17) is 18.8 Å². The first kappa shape index (κ1) is 42.5. The van der Waals surface area contributed by atoms with Crippen LogP contribution in [0.2, 0.25) is 0 Å². The van der Waals surface area contributed by atoms with Crippen LogP contribution in [-0.2, 0) is 9.59 Å². The number of rotatable bonds is 13. The second-order valence-electron chi connectivity index (χ2n) is 16.3. The number of nitrogens with one attached hydrogen (secondary N) is 2. The van der Waals surface area contributed by atoms with Crippen molar-refractivity contribution < 1.29 is 28.0 Å². The van der Waals surface area contributed by atoms with Gasteiger partial charge >= 0.3 is 0 Å². The number of benzene rings is 4. The van der Waals surface area contributed by atoms with Gasteiger partial charge in [-0.15, -0.1) is 22.7 Å². The number of hydrogen-bond donors (Lipinski definition) is 2. The molecule has 0 aliphatic carbocycles. The summed E-state index contributed by atoms with van der Waals surface area (Å²) in [4.78, 5) is 70.0. The maximum Gasteiger partial charge on any atom is 0.255 e. The van der Waals surface area contributed by atoms with Crippen LogP contribution in [0.3, 0.4) is 0 Å². The molecule has 14 heteroatoms. The number of carbonyl (C=O) groups is 4. The van der Waals surface area contributed by atoms with Crippen LogP contribution < -0.4 is 10.6 Å². The molecule has 2 aliphatic rings. The molecule has 2 N–H and O–H groups in total. The Morgan fingerprint density at radius 3 is 1.30 bits per heavy atom. The molecule has 66 heavy (non-hydrogen) atoms. The zero-order chi connectivity index (χ0) is 45.0. The molecule has 0 unspecified atom stereocenters. The maximum absolute atomic E-state index is 14.2. The van der Waals surface area contributed by atoms with Crippen LogP contribution in [0.5, 0.6) is 0 Å². The lowest BCUT2D eigenvalue weighted by atomic mass is 10.0. The minimum absolute atomic E-state index is 0.168. The summed E-state index contributed by atoms with van der Waals surface area (Å²) in [6.45, 7) is 1.15. The van der Waals surface area contributed by atoms with Gasteiger partial charge in [0.1, 0.15) is 34.6 Å². The standard InChI is InChI=1S/C52H44N6O6S2/c59-47(39-23-27-63-31-39)55-45(37-9-3-1-4-10-37)51(61)57-25-7-13-41(57)49-53-29-43(65-49)35-19-15-33(16-20-35)34-17-21-36(22-18-34)44-30-54-50(66-44)42-14-8-26-58(42)52(62)46(38-11-5-2-6-12-38)56-48(60)40-24-28-64-32-40/h1-6,9-12,15-24,27-32,41-42,45-46H,7-8,13-14,25-26H2,(H,55,59)(H,56,60)/t41-,42-,45+,46+/m0/s1. The van der Waals surface area contributed by atoms with Crippen molar-refractivity contribution >= 4 is 46.3 Å². The lowest BCUT2D eigenvalue weighted by Crippen LogP contribution is -2.42. The average molecular weight is 913 g/mol. The first-order valence-corrected chi connectivity index (χ1v) is 23.5. The Morgan fingerprint density at radius 2 is 0.924 bits per heavy atom. The fourth-order valence-corrected chi connectivity index (χ4v) is 10.9. The van der Waals surface area contributed by atoms with Gasteiger partial charge in [-0.3, -0.25) is 19.2 Å². The summed E-state index contributed by atoms with van der Waals surface area (Å²) in [5.74, 6) is -1.09. The summed E-state index contributed by atoms with van der Waals surface area (Å²) >= 11 is 3.18. The third-order valence-electron chi connectivity index (χ3n) is 12.2. The van der Waals surface area contributed by atoms with Crippen molar-refractivity contribution in [1.82, 2.24) is 30.4 Å². The topological polar surface area (TPSA) is 151 Å². The fourth-order valence-electron chi connectivity index (χ4n) is 8.79. The monoisotopic (exact) mass is 912 g/mol. The first-order valence-electron chi connectivity index (χ1n) is 21.9. The van der Waals surface area contributed by atoms with Gasteiger partial charge in [0.15, 0.2) is 0 Å². The Balaban J connectivity index is 0.800. The van der Waals surface area contributed by atoms with Crippen LogP contribution >= 0.6 is 22.7 Å². The van der Waals surface area contributed by atoms with Gasteiger partial charge in [0.2, 0.25) is 11.8 Å². The molecule has 0 radical (unpaired) electrons. The molecule has 0 saturated carbocycles. The van der Waals surface area contributed by atoms with Crippen LogP contribution in [0, 0.1) is 0 Å². The number of nitrogens with zero attached hydrogens (tertiary/aromatic N) is 4. The van der Waals surface area contributed by atoms with E-state index in [-0.39, 0.29) is 35.7 Å². The van der Waals surface area contributed by atoms with E-state index in [0.717, 1.165) is 67.7 Å². The highest BCUT2D eigenvalue weighted by molar-refractivity contribution is 7.15. The van der Waals surface area contributed by atoms with E-state index in [9.17, 15) is 19.2 Å². The van der Waals surface area contributed by atoms with Gasteiger partial charge < -0.3 is 29.3 Å². The fraction of sp³-hybridized carbons (Fsp3) is 0.192. The molecule has 12 nitrogen and oxygen atoms in total. The van der Waals surface area contributed by atoms with Crippen molar-refractivity contribution in [3.63, 3.8) is 0 Å². The summed E-state index contributed by atoms with van der Waals surface area (Å²) in [5, 5.41) is 7.62. The Hall–Kier alpha value is -7.42. The van der Waals surface area contributed by atoms with Crippen LogP contribution in [0.25, 0.3) is 32.0 Å². The highest BCUT2D eigenvalue weighted by atomic mass is 32.1. The molecule has 0 spiro atoms. The Kier molecular flexibility index (Phi) is 12.2. The molecule has 0 bridgehead atoms. The summed E-state index contributed by atoms with van der Waals surface area (Å²) < 4.78 is 10.2. The van der Waals surface area contributed by atoms with Gasteiger partial charge in [0, 0.05) is 25.5 Å². The summed E-state index contributed by atoms with van der Waals surface area (Å²) in [7, 11) is 0. The minimum Gasteiger partial charge on any atom is -0.472 e. The number of carbonyl (C=O) groups excluding carboxylic acids is 4. The molecule has 4 atom stereocenters. The minimum atomic E-state index is -0.856. The van der Waals surface area contributed by atoms with Crippen LogP contribution in [0.1, 0.15) is 91.7 Å². The van der Waals surface area contributed by atoms with Crippen LogP contribution in [0.4, 0.5) is 0 Å². The third-order valence-corrected chi connectivity index (χ3v) is 14.5. The zero-order valence-corrected chi connectivity index (χ0v) is 37.3. The van der Waals surface area contributed by atoms with E-state index in [1.165, 1.54) is 25.1 Å². The molecule has 6 heterocycles. The van der Waals surface area contributed by atoms with E-state index in [1.807, 2.05) is 82.9 Å². The Labute approximate surface area is 389 Å². The van der Waals surface area contributed by atoms with Crippen LogP contribution in [0.15, 0.2) is 168 Å². The van der Waals surface area contributed by atoms with Crippen molar-refractivity contribution in [3.05, 3.63) is 191 Å². The normalized spacial score (nSPS) is 16.8. The Morgan fingerprint density at radius 1 is 0.530 bits per heavy atom. The molecule has 10 rings (SSSR count). The summed E-state index contributed by atoms with van der Waals surface area (Å²) in [5.41, 5.74) is 6.36. The molecule has 4 aromatic carbocycles. The molecule has 330 valence electrons. The predicted molar refractivity (Wildman–Crippen MR) is 252 cm³/mol. The van der Waals surface area contributed by atoms with E-state index in [0.29, 0.717) is 35.3 Å². The maximum atomic E-state index is 14.2. The molecule has 2 fully saturated rings. The number of hydrogen-bond acceptors (Lipinski definition) is 10. The summed E-state index contributed by atoms with van der Waals surface area (Å²) in [6, 6.07) is 36.6. The smallest absolute Gasteiger partial charge is 0.255 e.